The van der Waals surface area contributed by atoms with Gasteiger partial charge in [-0.2, -0.15) is 0 Å². The van der Waals surface area contributed by atoms with Gasteiger partial charge in [-0.3, -0.25) is 4.79 Å². The van der Waals surface area contributed by atoms with E-state index in [1.165, 1.54) is 4.88 Å². The van der Waals surface area contributed by atoms with Gasteiger partial charge in [0.1, 0.15) is 5.75 Å². The average Bonchev–Trinajstić information content (AvgIpc) is 3.14. The molecular formula is C18H24N4O2S. The van der Waals surface area contributed by atoms with Crippen LogP contribution >= 0.6 is 11.3 Å². The Balaban J connectivity index is 1.98. The number of hydrogen-bond donors (Lipinski definition) is 2. The third kappa shape index (κ3) is 6.46. The monoisotopic (exact) mass is 360 g/mol. The number of amides is 1. The van der Waals surface area contributed by atoms with Crippen molar-refractivity contribution in [1.82, 2.24) is 15.5 Å². The molecular weight excluding hydrogens is 336 g/mol. The zero-order valence-corrected chi connectivity index (χ0v) is 15.6. The number of ether oxygens (including phenoxy) is 1. The van der Waals surface area contributed by atoms with Crippen molar-refractivity contribution in [2.75, 3.05) is 27.7 Å². The van der Waals surface area contributed by atoms with Gasteiger partial charge in [-0.1, -0.05) is 18.2 Å². The lowest BCUT2D eigenvalue weighted by Crippen LogP contribution is -2.42. The van der Waals surface area contributed by atoms with E-state index in [4.69, 9.17) is 4.74 Å². The Morgan fingerprint density at radius 3 is 2.56 bits per heavy atom. The van der Waals surface area contributed by atoms with E-state index in [0.29, 0.717) is 19.0 Å². The van der Waals surface area contributed by atoms with Gasteiger partial charge in [0.15, 0.2) is 5.96 Å². The number of nitrogens with zero attached hydrogens (tertiary/aromatic N) is 2. The Bertz CT molecular complexity index is 682. The lowest BCUT2D eigenvalue weighted by Gasteiger charge is -2.14. The predicted octanol–water partition coefficient (Wildman–Crippen LogP) is 2.08. The van der Waals surface area contributed by atoms with Gasteiger partial charge in [-0.05, 0) is 29.1 Å². The number of hydrogen-bond acceptors (Lipinski definition) is 4. The van der Waals surface area contributed by atoms with Crippen LogP contribution in [0.2, 0.25) is 0 Å². The minimum absolute atomic E-state index is 0.00456. The molecule has 1 heterocycles. The zero-order valence-electron chi connectivity index (χ0n) is 14.8. The quantitative estimate of drug-likeness (QED) is 0.586. The molecule has 0 aliphatic rings. The standard InChI is InChI=1S/C18H24N4O2S/c1-22(2)17(23)13-21-18(20-12-16-5-4-10-25-16)19-11-14-6-8-15(24-3)9-7-14/h4-10H,11-13H2,1-3H3,(H2,19,20,21). The van der Waals surface area contributed by atoms with Gasteiger partial charge in [0.2, 0.25) is 5.91 Å². The molecule has 2 rings (SSSR count). The van der Waals surface area contributed by atoms with Crippen molar-refractivity contribution in [2.45, 2.75) is 13.1 Å². The van der Waals surface area contributed by atoms with Crippen molar-refractivity contribution in [1.29, 1.82) is 0 Å². The molecule has 0 aliphatic carbocycles. The predicted molar refractivity (Wildman–Crippen MR) is 102 cm³/mol. The number of likely N-dealkylation sites (N-methyl/N-ethyl adjacent to an activating group) is 1. The molecule has 2 N–H and O–H groups in total. The molecule has 134 valence electrons. The number of methoxy groups -OCH3 is 1. The van der Waals surface area contributed by atoms with Crippen LogP contribution in [0.15, 0.2) is 46.8 Å². The summed E-state index contributed by atoms with van der Waals surface area (Å²) in [5.74, 6) is 1.42. The van der Waals surface area contributed by atoms with Crippen molar-refractivity contribution in [2.24, 2.45) is 4.99 Å². The number of aliphatic imine (C=N–C) groups is 1. The van der Waals surface area contributed by atoms with Gasteiger partial charge in [-0.15, -0.1) is 11.3 Å². The summed E-state index contributed by atoms with van der Waals surface area (Å²) in [5, 5.41) is 8.38. The van der Waals surface area contributed by atoms with Gasteiger partial charge in [0.25, 0.3) is 0 Å². The Morgan fingerprint density at radius 1 is 1.20 bits per heavy atom. The number of benzene rings is 1. The molecule has 0 unspecified atom stereocenters. The summed E-state index contributed by atoms with van der Waals surface area (Å²) in [6.45, 7) is 1.38. The molecule has 0 aliphatic heterocycles. The van der Waals surface area contributed by atoms with E-state index < -0.39 is 0 Å². The molecule has 0 saturated heterocycles. The van der Waals surface area contributed by atoms with Crippen LogP contribution in [-0.2, 0) is 17.9 Å². The van der Waals surface area contributed by atoms with E-state index >= 15 is 0 Å². The van der Waals surface area contributed by atoms with Crippen LogP contribution in [0.5, 0.6) is 5.75 Å². The first-order chi connectivity index (χ1) is 12.1. The maximum atomic E-state index is 11.8. The van der Waals surface area contributed by atoms with E-state index in [9.17, 15) is 4.79 Å². The van der Waals surface area contributed by atoms with Crippen molar-refractivity contribution < 1.29 is 9.53 Å². The minimum Gasteiger partial charge on any atom is -0.497 e. The first kappa shape index (κ1) is 18.8. The topological polar surface area (TPSA) is 66.0 Å². The molecule has 7 heteroatoms. The highest BCUT2D eigenvalue weighted by atomic mass is 32.1. The molecule has 1 aromatic heterocycles. The third-order valence-corrected chi connectivity index (χ3v) is 4.37. The fraction of sp³-hybridized carbons (Fsp3) is 0.333. The van der Waals surface area contributed by atoms with Crippen molar-refractivity contribution in [3.05, 3.63) is 52.2 Å². The summed E-state index contributed by atoms with van der Waals surface area (Å²) in [7, 11) is 5.11. The third-order valence-electron chi connectivity index (χ3n) is 3.49. The van der Waals surface area contributed by atoms with Crippen LogP contribution in [0, 0.1) is 0 Å². The highest BCUT2D eigenvalue weighted by Gasteiger charge is 2.06. The van der Waals surface area contributed by atoms with Gasteiger partial charge in [0.05, 0.1) is 26.7 Å². The van der Waals surface area contributed by atoms with Crippen LogP contribution in [0.4, 0.5) is 0 Å². The van der Waals surface area contributed by atoms with Gasteiger partial charge in [0, 0.05) is 19.0 Å². The molecule has 0 fully saturated rings. The molecule has 2 aromatic rings. The van der Waals surface area contributed by atoms with E-state index in [0.717, 1.165) is 11.3 Å². The van der Waals surface area contributed by atoms with Crippen LogP contribution in [0.3, 0.4) is 0 Å². The van der Waals surface area contributed by atoms with Gasteiger partial charge in [-0.25, -0.2) is 4.99 Å². The highest BCUT2D eigenvalue weighted by molar-refractivity contribution is 7.09. The normalized spacial score (nSPS) is 11.1. The Labute approximate surface area is 152 Å². The second-order valence-electron chi connectivity index (χ2n) is 5.59. The summed E-state index contributed by atoms with van der Waals surface area (Å²) >= 11 is 1.68. The number of guanidine groups is 1. The first-order valence-corrected chi connectivity index (χ1v) is 8.84. The van der Waals surface area contributed by atoms with Gasteiger partial charge < -0.3 is 20.3 Å². The fourth-order valence-corrected chi connectivity index (χ4v) is 2.62. The number of carbonyl (C=O) groups excluding carboxylic acids is 1. The SMILES string of the molecule is COc1ccc(CN=C(NCC(=O)N(C)C)NCc2cccs2)cc1. The van der Waals surface area contributed by atoms with Crippen molar-refractivity contribution in [3.8, 4) is 5.75 Å². The van der Waals surface area contributed by atoms with E-state index in [1.54, 1.807) is 37.4 Å². The largest absolute Gasteiger partial charge is 0.497 e. The Hall–Kier alpha value is -2.54. The molecule has 0 atom stereocenters. The Kier molecular flexibility index (Phi) is 7.28. The first-order valence-electron chi connectivity index (χ1n) is 7.96. The maximum absolute atomic E-state index is 11.8. The smallest absolute Gasteiger partial charge is 0.241 e. The molecule has 0 spiro atoms. The summed E-state index contributed by atoms with van der Waals surface area (Å²) in [4.78, 5) is 19.1. The number of carbonyl (C=O) groups is 1. The van der Waals surface area contributed by atoms with Crippen molar-refractivity contribution in [3.63, 3.8) is 0 Å². The number of rotatable bonds is 7. The second kappa shape index (κ2) is 9.68. The summed E-state index contributed by atoms with van der Waals surface area (Å²) in [5.41, 5.74) is 1.07. The molecule has 25 heavy (non-hydrogen) atoms. The van der Waals surface area contributed by atoms with Crippen LogP contribution < -0.4 is 15.4 Å². The van der Waals surface area contributed by atoms with Crippen LogP contribution in [0.1, 0.15) is 10.4 Å². The number of thiophene rings is 1. The Morgan fingerprint density at radius 2 is 1.96 bits per heavy atom. The summed E-state index contributed by atoms with van der Waals surface area (Å²) < 4.78 is 5.16. The van der Waals surface area contributed by atoms with Crippen LogP contribution in [0.25, 0.3) is 0 Å². The summed E-state index contributed by atoms with van der Waals surface area (Å²) in [6, 6.07) is 11.8. The van der Waals surface area contributed by atoms with Crippen LogP contribution in [-0.4, -0.2) is 44.5 Å². The van der Waals surface area contributed by atoms with E-state index in [1.807, 2.05) is 35.7 Å². The molecule has 0 saturated carbocycles. The second-order valence-corrected chi connectivity index (χ2v) is 6.62. The molecule has 1 aromatic carbocycles. The van der Waals surface area contributed by atoms with E-state index in [-0.39, 0.29) is 12.5 Å². The molecule has 1 amide bonds. The van der Waals surface area contributed by atoms with E-state index in [2.05, 4.69) is 21.7 Å². The maximum Gasteiger partial charge on any atom is 0.241 e. The summed E-state index contributed by atoms with van der Waals surface area (Å²) in [6.07, 6.45) is 0. The van der Waals surface area contributed by atoms with Crippen molar-refractivity contribution >= 4 is 23.2 Å². The average molecular weight is 360 g/mol. The lowest BCUT2D eigenvalue weighted by molar-refractivity contribution is -0.127. The fourth-order valence-electron chi connectivity index (χ4n) is 1.98. The minimum atomic E-state index is -0.00456. The highest BCUT2D eigenvalue weighted by Crippen LogP contribution is 2.12. The molecule has 0 bridgehead atoms. The van der Waals surface area contributed by atoms with Gasteiger partial charge >= 0.3 is 0 Å². The molecule has 6 nitrogen and oxygen atoms in total. The zero-order chi connectivity index (χ0) is 18.1. The molecule has 0 radical (unpaired) electrons. The number of nitrogens with one attached hydrogen (secondary N) is 2. The lowest BCUT2D eigenvalue weighted by atomic mass is 10.2.